The Labute approximate surface area is 112 Å². The number of hydrogen-bond donors (Lipinski definition) is 0. The zero-order chi connectivity index (χ0) is 13.2. The van der Waals surface area contributed by atoms with Gasteiger partial charge in [-0.25, -0.2) is 0 Å². The molecule has 96 valence electrons. The van der Waals surface area contributed by atoms with Crippen molar-refractivity contribution >= 4 is 5.69 Å². The third-order valence-electron chi connectivity index (χ3n) is 3.75. The molecule has 3 heteroatoms. The Balaban J connectivity index is 2.03. The van der Waals surface area contributed by atoms with Crippen molar-refractivity contribution < 1.29 is 4.92 Å². The van der Waals surface area contributed by atoms with E-state index in [4.69, 9.17) is 0 Å². The van der Waals surface area contributed by atoms with Gasteiger partial charge in [0.15, 0.2) is 0 Å². The standard InChI is InChI=1S/C16H15NO2/c18-17(19)16-11-14-6-5-12-1-3-13(4-2-12)7-9-15(16)10-8-14/h1-4,8,10-11H,5-7,9H2. The summed E-state index contributed by atoms with van der Waals surface area (Å²) in [6, 6.07) is 14.3. The molecule has 2 aromatic carbocycles. The van der Waals surface area contributed by atoms with Gasteiger partial charge in [-0.3, -0.25) is 10.1 Å². The number of nitro benzene ring substituents is 1. The van der Waals surface area contributed by atoms with Crippen molar-refractivity contribution in [3.63, 3.8) is 0 Å². The van der Waals surface area contributed by atoms with E-state index in [1.54, 1.807) is 6.07 Å². The molecule has 4 aliphatic carbocycles. The van der Waals surface area contributed by atoms with E-state index in [1.165, 1.54) is 11.1 Å². The maximum absolute atomic E-state index is 11.2. The Morgan fingerprint density at radius 1 is 0.789 bits per heavy atom. The predicted molar refractivity (Wildman–Crippen MR) is 74.4 cm³/mol. The third kappa shape index (κ3) is 2.50. The summed E-state index contributed by atoms with van der Waals surface area (Å²) in [5.74, 6) is 0. The minimum absolute atomic E-state index is 0.258. The molecule has 0 saturated carbocycles. The fourth-order valence-electron chi connectivity index (χ4n) is 2.59. The van der Waals surface area contributed by atoms with Crippen LogP contribution in [0.25, 0.3) is 0 Å². The zero-order valence-corrected chi connectivity index (χ0v) is 10.6. The summed E-state index contributed by atoms with van der Waals surface area (Å²) in [6.45, 7) is 0. The van der Waals surface area contributed by atoms with Crippen LogP contribution in [-0.2, 0) is 25.7 Å². The maximum Gasteiger partial charge on any atom is 0.272 e. The van der Waals surface area contributed by atoms with Crippen LogP contribution in [0.4, 0.5) is 5.69 Å². The zero-order valence-electron chi connectivity index (χ0n) is 10.6. The van der Waals surface area contributed by atoms with E-state index < -0.39 is 0 Å². The second kappa shape index (κ2) is 4.84. The van der Waals surface area contributed by atoms with Crippen LogP contribution >= 0.6 is 0 Å². The first-order valence-corrected chi connectivity index (χ1v) is 6.56. The average molecular weight is 253 g/mol. The lowest BCUT2D eigenvalue weighted by Gasteiger charge is -2.10. The monoisotopic (exact) mass is 253 g/mol. The number of rotatable bonds is 1. The normalized spacial score (nSPS) is 13.9. The number of nitro groups is 1. The summed E-state index contributed by atoms with van der Waals surface area (Å²) in [6.07, 6.45) is 3.34. The van der Waals surface area contributed by atoms with Gasteiger partial charge >= 0.3 is 0 Å². The van der Waals surface area contributed by atoms with E-state index in [0.29, 0.717) is 0 Å². The van der Waals surface area contributed by atoms with E-state index in [9.17, 15) is 10.1 Å². The van der Waals surface area contributed by atoms with E-state index in [0.717, 1.165) is 36.8 Å². The average Bonchev–Trinajstić information content (AvgIpc) is 2.41. The van der Waals surface area contributed by atoms with Crippen LogP contribution in [0.1, 0.15) is 22.3 Å². The maximum atomic E-state index is 11.2. The molecule has 0 atom stereocenters. The first-order valence-electron chi connectivity index (χ1n) is 6.56. The summed E-state index contributed by atoms with van der Waals surface area (Å²) in [5.41, 5.74) is 4.67. The Kier molecular flexibility index (Phi) is 3.03. The number of benzene rings is 2. The molecule has 0 amide bonds. The largest absolute Gasteiger partial charge is 0.272 e. The summed E-state index contributed by atoms with van der Waals surface area (Å²) in [5, 5.41) is 11.2. The number of hydrogen-bond acceptors (Lipinski definition) is 2. The number of aryl methyl sites for hydroxylation is 4. The van der Waals surface area contributed by atoms with Crippen LogP contribution in [0.5, 0.6) is 0 Å². The van der Waals surface area contributed by atoms with Crippen LogP contribution in [0.2, 0.25) is 0 Å². The van der Waals surface area contributed by atoms with Gasteiger partial charge in [-0.1, -0.05) is 36.4 Å². The minimum Gasteiger partial charge on any atom is -0.258 e. The molecular formula is C16H15NO2. The molecule has 0 fully saturated rings. The van der Waals surface area contributed by atoms with Gasteiger partial charge in [0.05, 0.1) is 4.92 Å². The second-order valence-electron chi connectivity index (χ2n) is 5.04. The molecule has 0 aliphatic heterocycles. The predicted octanol–water partition coefficient (Wildman–Crippen LogP) is 3.48. The molecule has 0 unspecified atom stereocenters. The van der Waals surface area contributed by atoms with Crippen LogP contribution in [0.15, 0.2) is 42.5 Å². The van der Waals surface area contributed by atoms with Gasteiger partial charge in [-0.15, -0.1) is 0 Å². The third-order valence-corrected chi connectivity index (χ3v) is 3.75. The molecule has 6 rings (SSSR count). The van der Waals surface area contributed by atoms with Crippen molar-refractivity contribution in [2.45, 2.75) is 25.7 Å². The summed E-state index contributed by atoms with van der Waals surface area (Å²) in [7, 11) is 0. The van der Waals surface area contributed by atoms with Gasteiger partial charge in [-0.2, -0.15) is 0 Å². The Morgan fingerprint density at radius 3 is 1.95 bits per heavy atom. The first kappa shape index (κ1) is 11.9. The Morgan fingerprint density at radius 2 is 1.32 bits per heavy atom. The van der Waals surface area contributed by atoms with Gasteiger partial charge in [0.1, 0.15) is 0 Å². The van der Waals surface area contributed by atoms with E-state index in [2.05, 4.69) is 24.3 Å². The van der Waals surface area contributed by atoms with Gasteiger partial charge in [-0.05, 0) is 42.4 Å². The van der Waals surface area contributed by atoms with E-state index in [-0.39, 0.29) is 10.6 Å². The molecule has 0 heterocycles. The van der Waals surface area contributed by atoms with Crippen molar-refractivity contribution in [3.05, 3.63) is 74.8 Å². The lowest BCUT2D eigenvalue weighted by molar-refractivity contribution is -0.385. The van der Waals surface area contributed by atoms with Gasteiger partial charge < -0.3 is 0 Å². The van der Waals surface area contributed by atoms with Gasteiger partial charge in [0.2, 0.25) is 0 Å². The fraction of sp³-hybridized carbons (Fsp3) is 0.250. The smallest absolute Gasteiger partial charge is 0.258 e. The summed E-state index contributed by atoms with van der Waals surface area (Å²) in [4.78, 5) is 10.9. The van der Waals surface area contributed by atoms with Crippen molar-refractivity contribution in [3.8, 4) is 0 Å². The van der Waals surface area contributed by atoms with Crippen LogP contribution in [-0.4, -0.2) is 4.92 Å². The van der Waals surface area contributed by atoms with Gasteiger partial charge in [0, 0.05) is 11.6 Å². The molecule has 2 aromatic rings. The minimum atomic E-state index is -0.258. The highest BCUT2D eigenvalue weighted by atomic mass is 16.6. The Hall–Kier alpha value is -2.16. The summed E-state index contributed by atoms with van der Waals surface area (Å²) < 4.78 is 0. The van der Waals surface area contributed by atoms with E-state index in [1.807, 2.05) is 12.1 Å². The van der Waals surface area contributed by atoms with Crippen molar-refractivity contribution in [2.24, 2.45) is 0 Å². The van der Waals surface area contributed by atoms with Crippen molar-refractivity contribution in [1.82, 2.24) is 0 Å². The molecule has 0 saturated heterocycles. The van der Waals surface area contributed by atoms with Crippen LogP contribution in [0, 0.1) is 10.1 Å². The van der Waals surface area contributed by atoms with Crippen molar-refractivity contribution in [1.29, 1.82) is 0 Å². The van der Waals surface area contributed by atoms with E-state index >= 15 is 0 Å². The highest BCUT2D eigenvalue weighted by Crippen LogP contribution is 2.24. The molecule has 0 spiro atoms. The molecule has 19 heavy (non-hydrogen) atoms. The summed E-state index contributed by atoms with van der Waals surface area (Å²) >= 11 is 0. The fourth-order valence-corrected chi connectivity index (χ4v) is 2.59. The molecular weight excluding hydrogens is 238 g/mol. The first-order chi connectivity index (χ1) is 9.22. The molecule has 0 aromatic heterocycles. The van der Waals surface area contributed by atoms with Crippen molar-refractivity contribution in [2.75, 3.05) is 0 Å². The second-order valence-corrected chi connectivity index (χ2v) is 5.04. The molecule has 3 nitrogen and oxygen atoms in total. The number of nitrogens with zero attached hydrogens (tertiary/aromatic N) is 1. The van der Waals surface area contributed by atoms with Crippen LogP contribution < -0.4 is 0 Å². The highest BCUT2D eigenvalue weighted by Gasteiger charge is 2.15. The molecule has 4 aliphatic rings. The van der Waals surface area contributed by atoms with Crippen LogP contribution in [0.3, 0.4) is 0 Å². The van der Waals surface area contributed by atoms with Gasteiger partial charge in [0.25, 0.3) is 5.69 Å². The molecule has 0 N–H and O–H groups in total. The lowest BCUT2D eigenvalue weighted by atomic mass is 9.96. The lowest BCUT2D eigenvalue weighted by Crippen LogP contribution is -2.02. The SMILES string of the molecule is O=[N+]([O-])c1cc2ccc1CCc1ccc(cc1)CC2. The topological polar surface area (TPSA) is 43.1 Å². The Bertz CT molecular complexity index is 617. The molecule has 0 radical (unpaired) electrons. The highest BCUT2D eigenvalue weighted by molar-refractivity contribution is 5.44. The molecule has 4 bridgehead atoms. The quantitative estimate of drug-likeness (QED) is 0.577.